The Morgan fingerprint density at radius 3 is 1.86 bits per heavy atom. The minimum Gasteiger partial charge on any atom is -0.495 e. The summed E-state index contributed by atoms with van der Waals surface area (Å²) >= 11 is 0. The summed E-state index contributed by atoms with van der Waals surface area (Å²) in [5.74, 6) is -0.800. The van der Waals surface area contributed by atoms with Crippen molar-refractivity contribution in [3.05, 3.63) is 109 Å². The highest BCUT2D eigenvalue weighted by Gasteiger charge is 2.38. The Balaban J connectivity index is 1.81. The van der Waals surface area contributed by atoms with E-state index in [1.165, 1.54) is 12.0 Å². The van der Waals surface area contributed by atoms with E-state index < -0.39 is 23.8 Å². The monoisotopic (exact) mass is 593 g/mol. The fourth-order valence-corrected chi connectivity index (χ4v) is 4.89. The summed E-state index contributed by atoms with van der Waals surface area (Å²) in [5.41, 5.74) is 3.49. The van der Waals surface area contributed by atoms with E-state index in [0.717, 1.165) is 24.5 Å². The second-order valence-electron chi connectivity index (χ2n) is 10.3. The molecule has 0 saturated carbocycles. The number of urea groups is 1. The van der Waals surface area contributed by atoms with E-state index in [4.69, 9.17) is 4.74 Å². The maximum absolute atomic E-state index is 14.2. The molecule has 0 aliphatic carbocycles. The summed E-state index contributed by atoms with van der Waals surface area (Å²) < 4.78 is 5.43. The number of rotatable bonds is 12. The average molecular weight is 594 g/mol. The number of benzene rings is 4. The Morgan fingerprint density at radius 1 is 0.705 bits per heavy atom. The molecule has 44 heavy (non-hydrogen) atoms. The van der Waals surface area contributed by atoms with Crippen LogP contribution in [-0.4, -0.2) is 58.1 Å². The first-order chi connectivity index (χ1) is 21.3. The Labute approximate surface area is 259 Å². The molecule has 2 N–H and O–H groups in total. The van der Waals surface area contributed by atoms with Crippen LogP contribution in [-0.2, 0) is 4.79 Å². The Kier molecular flexibility index (Phi) is 10.6. The van der Waals surface area contributed by atoms with Gasteiger partial charge in [-0.3, -0.25) is 14.5 Å². The van der Waals surface area contributed by atoms with Gasteiger partial charge in [-0.1, -0.05) is 42.5 Å². The first-order valence-electron chi connectivity index (χ1n) is 14.5. The van der Waals surface area contributed by atoms with E-state index in [1.54, 1.807) is 78.9 Å². The molecule has 4 aromatic rings. The van der Waals surface area contributed by atoms with E-state index in [2.05, 4.69) is 29.4 Å². The van der Waals surface area contributed by atoms with Crippen molar-refractivity contribution >= 4 is 46.2 Å². The molecule has 0 aliphatic rings. The van der Waals surface area contributed by atoms with Crippen LogP contribution in [0.2, 0.25) is 0 Å². The number of ether oxygens (including phenoxy) is 1. The molecule has 0 heterocycles. The fraction of sp³-hybridized carbons (Fsp3) is 0.229. The molecule has 3 amide bonds. The number of hydrogen-bond donors (Lipinski definition) is 2. The first kappa shape index (κ1) is 31.6. The van der Waals surface area contributed by atoms with Crippen molar-refractivity contribution in [1.29, 1.82) is 0 Å². The van der Waals surface area contributed by atoms with Gasteiger partial charge in [0, 0.05) is 55.5 Å². The summed E-state index contributed by atoms with van der Waals surface area (Å²) in [6.45, 7) is 5.74. The lowest BCUT2D eigenvalue weighted by Gasteiger charge is -2.31. The van der Waals surface area contributed by atoms with E-state index in [1.807, 2.05) is 43.3 Å². The third kappa shape index (κ3) is 7.36. The predicted molar refractivity (Wildman–Crippen MR) is 178 cm³/mol. The minimum atomic E-state index is -1.55. The van der Waals surface area contributed by atoms with Crippen LogP contribution in [0.4, 0.5) is 33.2 Å². The summed E-state index contributed by atoms with van der Waals surface area (Å²) in [4.78, 5) is 47.8. The lowest BCUT2D eigenvalue weighted by Crippen LogP contribution is -2.53. The van der Waals surface area contributed by atoms with E-state index in [-0.39, 0.29) is 0 Å². The number of amides is 3. The second kappa shape index (κ2) is 14.7. The lowest BCUT2D eigenvalue weighted by atomic mass is 10.0. The highest BCUT2D eigenvalue weighted by atomic mass is 16.5. The van der Waals surface area contributed by atoms with Gasteiger partial charge in [-0.2, -0.15) is 0 Å². The first-order valence-corrected chi connectivity index (χ1v) is 14.5. The summed E-state index contributed by atoms with van der Waals surface area (Å²) in [7, 11) is 5.35. The third-order valence-electron chi connectivity index (χ3n) is 7.29. The SMILES string of the molecule is CCN(CC)c1ccc(N(C(=O)Nc2ccc(N(C)C)cc2)C(C(=O)Nc2ccccc2OC)C(=O)c2ccccc2)cc1. The molecule has 0 aromatic heterocycles. The van der Waals surface area contributed by atoms with E-state index >= 15 is 0 Å². The molecular weight excluding hydrogens is 554 g/mol. The second-order valence-corrected chi connectivity index (χ2v) is 10.3. The number of ketones is 1. The van der Waals surface area contributed by atoms with Gasteiger partial charge in [0.2, 0.25) is 0 Å². The topological polar surface area (TPSA) is 94.2 Å². The zero-order valence-electron chi connectivity index (χ0n) is 25.8. The third-order valence-corrected chi connectivity index (χ3v) is 7.29. The van der Waals surface area contributed by atoms with Gasteiger partial charge in [0.15, 0.2) is 11.8 Å². The summed E-state index contributed by atoms with van der Waals surface area (Å²) in [6, 6.07) is 27.8. The van der Waals surface area contributed by atoms with Crippen LogP contribution in [0.25, 0.3) is 0 Å². The number of anilines is 5. The van der Waals surface area contributed by atoms with Crippen molar-refractivity contribution in [1.82, 2.24) is 0 Å². The molecule has 9 heteroatoms. The molecule has 228 valence electrons. The maximum atomic E-state index is 14.2. The molecule has 4 rings (SSSR count). The van der Waals surface area contributed by atoms with Gasteiger partial charge in [0.25, 0.3) is 5.91 Å². The molecule has 0 spiro atoms. The molecule has 1 atom stereocenters. The zero-order valence-corrected chi connectivity index (χ0v) is 25.8. The van der Waals surface area contributed by atoms with Gasteiger partial charge in [-0.05, 0) is 74.5 Å². The molecule has 1 unspecified atom stereocenters. The molecule has 0 saturated heterocycles. The van der Waals surface area contributed by atoms with Crippen LogP contribution in [0.3, 0.4) is 0 Å². The average Bonchev–Trinajstić information content (AvgIpc) is 3.05. The van der Waals surface area contributed by atoms with Gasteiger partial charge < -0.3 is 25.2 Å². The Hall–Kier alpha value is -5.31. The predicted octanol–water partition coefficient (Wildman–Crippen LogP) is 6.54. The number of nitrogens with one attached hydrogen (secondary N) is 2. The van der Waals surface area contributed by atoms with Gasteiger partial charge in [-0.25, -0.2) is 4.79 Å². The molecule has 0 fully saturated rings. The van der Waals surface area contributed by atoms with Crippen molar-refractivity contribution in [3.8, 4) is 5.75 Å². The number of carbonyl (C=O) groups excluding carboxylic acids is 3. The number of para-hydroxylation sites is 2. The van der Waals surface area contributed by atoms with Gasteiger partial charge >= 0.3 is 6.03 Å². The lowest BCUT2D eigenvalue weighted by molar-refractivity contribution is -0.116. The molecule has 4 aromatic carbocycles. The normalized spacial score (nSPS) is 11.2. The zero-order chi connectivity index (χ0) is 31.6. The van der Waals surface area contributed by atoms with Crippen molar-refractivity contribution in [2.75, 3.05) is 59.6 Å². The number of Topliss-reactive ketones (excluding diaryl/α,β-unsaturated/α-hetero) is 1. The van der Waals surface area contributed by atoms with Gasteiger partial charge in [0.05, 0.1) is 12.8 Å². The highest BCUT2D eigenvalue weighted by molar-refractivity contribution is 6.23. The molecule has 0 aliphatic heterocycles. The summed E-state index contributed by atoms with van der Waals surface area (Å²) in [6.07, 6.45) is 0. The van der Waals surface area contributed by atoms with Crippen LogP contribution < -0.4 is 30.1 Å². The Bertz CT molecular complexity index is 1550. The van der Waals surface area contributed by atoms with Crippen molar-refractivity contribution < 1.29 is 19.1 Å². The van der Waals surface area contributed by atoms with Gasteiger partial charge in [0.1, 0.15) is 5.75 Å². The van der Waals surface area contributed by atoms with Crippen molar-refractivity contribution in [2.24, 2.45) is 0 Å². The van der Waals surface area contributed by atoms with E-state index in [9.17, 15) is 14.4 Å². The quantitative estimate of drug-likeness (QED) is 0.143. The van der Waals surface area contributed by atoms with Crippen LogP contribution in [0, 0.1) is 0 Å². The van der Waals surface area contributed by atoms with Crippen LogP contribution >= 0.6 is 0 Å². The maximum Gasteiger partial charge on any atom is 0.327 e. The van der Waals surface area contributed by atoms with Crippen LogP contribution in [0.5, 0.6) is 5.75 Å². The smallest absolute Gasteiger partial charge is 0.327 e. The standard InChI is InChI=1S/C35H39N5O4/c1-6-39(7-2)28-21-23-29(24-22-28)40(35(43)36-26-17-19-27(20-18-26)38(3)4)32(33(41)25-13-9-8-10-14-25)34(42)37-30-15-11-12-16-31(30)44-5/h8-24,32H,6-7H2,1-5H3,(H,36,43)(H,37,42). The molecule has 0 bridgehead atoms. The number of hydrogen-bond acceptors (Lipinski definition) is 6. The van der Waals surface area contributed by atoms with Crippen LogP contribution in [0.15, 0.2) is 103 Å². The van der Waals surface area contributed by atoms with Crippen molar-refractivity contribution in [2.45, 2.75) is 19.9 Å². The molecular formula is C35H39N5O4. The number of carbonyl (C=O) groups is 3. The minimum absolute atomic E-state index is 0.292. The summed E-state index contributed by atoms with van der Waals surface area (Å²) in [5, 5.41) is 5.72. The highest BCUT2D eigenvalue weighted by Crippen LogP contribution is 2.28. The molecule has 9 nitrogen and oxygen atoms in total. The van der Waals surface area contributed by atoms with Gasteiger partial charge in [-0.15, -0.1) is 0 Å². The van der Waals surface area contributed by atoms with E-state index in [0.29, 0.717) is 28.4 Å². The number of methoxy groups -OCH3 is 1. The van der Waals surface area contributed by atoms with Crippen molar-refractivity contribution in [3.63, 3.8) is 0 Å². The fourth-order valence-electron chi connectivity index (χ4n) is 4.89. The molecule has 0 radical (unpaired) electrons. The largest absolute Gasteiger partial charge is 0.495 e. The Morgan fingerprint density at radius 2 is 1.27 bits per heavy atom. The number of nitrogens with zero attached hydrogens (tertiary/aromatic N) is 3. The van der Waals surface area contributed by atoms with Crippen LogP contribution in [0.1, 0.15) is 24.2 Å².